The number of aromatic carboxylic acids is 1. The van der Waals surface area contributed by atoms with Gasteiger partial charge in [-0.3, -0.25) is 4.79 Å². The molecule has 58 valence electrons. The highest BCUT2D eigenvalue weighted by Crippen LogP contribution is 1.99. The zero-order valence-electron chi connectivity index (χ0n) is 5.30. The number of carbonyl (C=O) groups is 1. The first-order valence-electron chi connectivity index (χ1n) is 2.73. The lowest BCUT2D eigenvalue weighted by Gasteiger charge is -1.92. The molecule has 1 aromatic rings. The summed E-state index contributed by atoms with van der Waals surface area (Å²) in [6.07, 6.45) is 0. The first-order valence-corrected chi connectivity index (χ1v) is 3.11. The molecule has 2 N–H and O–H groups in total. The maximum atomic E-state index is 10.7. The second kappa shape index (κ2) is 2.75. The first kappa shape index (κ1) is 7.81. The fraction of sp³-hybridized carbons (Fsp3) is 0. The van der Waals surface area contributed by atoms with Gasteiger partial charge in [0.25, 0.3) is 5.56 Å². The van der Waals surface area contributed by atoms with E-state index < -0.39 is 11.5 Å². The van der Waals surface area contributed by atoms with Crippen molar-refractivity contribution < 1.29 is 9.90 Å². The van der Waals surface area contributed by atoms with Gasteiger partial charge in [-0.05, 0) is 12.1 Å². The van der Waals surface area contributed by atoms with Gasteiger partial charge in [-0.1, -0.05) is 11.6 Å². The smallest absolute Gasteiger partial charge is 0.352 e. The second-order valence-electron chi connectivity index (χ2n) is 1.85. The predicted octanol–water partition coefficient (Wildman–Crippen LogP) is 0.726. The number of aromatic nitrogens is 1. The van der Waals surface area contributed by atoms with E-state index in [-0.39, 0.29) is 10.7 Å². The van der Waals surface area contributed by atoms with Crippen LogP contribution >= 0.6 is 11.6 Å². The quantitative estimate of drug-likeness (QED) is 0.658. The van der Waals surface area contributed by atoms with E-state index >= 15 is 0 Å². The third-order valence-electron chi connectivity index (χ3n) is 1.09. The van der Waals surface area contributed by atoms with Crippen LogP contribution in [0.25, 0.3) is 0 Å². The van der Waals surface area contributed by atoms with Gasteiger partial charge in [0.05, 0.1) is 0 Å². The van der Waals surface area contributed by atoms with Crippen LogP contribution in [0.4, 0.5) is 0 Å². The molecule has 1 heterocycles. The molecule has 0 radical (unpaired) electrons. The lowest BCUT2D eigenvalue weighted by Crippen LogP contribution is -2.12. The van der Waals surface area contributed by atoms with Gasteiger partial charge >= 0.3 is 5.97 Å². The lowest BCUT2D eigenvalue weighted by atomic mass is 10.3. The fourth-order valence-electron chi connectivity index (χ4n) is 0.581. The van der Waals surface area contributed by atoms with Gasteiger partial charge in [0.2, 0.25) is 0 Å². The van der Waals surface area contributed by atoms with Crippen LogP contribution in [0.15, 0.2) is 16.9 Å². The molecule has 0 aliphatic heterocycles. The Balaban J connectivity index is 3.26. The molecule has 0 amide bonds. The Morgan fingerprint density at radius 1 is 1.55 bits per heavy atom. The van der Waals surface area contributed by atoms with Crippen LogP contribution < -0.4 is 5.56 Å². The molecule has 0 bridgehead atoms. The Labute approximate surface area is 66.4 Å². The monoisotopic (exact) mass is 173 g/mol. The van der Waals surface area contributed by atoms with E-state index in [0.29, 0.717) is 0 Å². The summed E-state index contributed by atoms with van der Waals surface area (Å²) < 4.78 is 0. The number of pyridine rings is 1. The largest absolute Gasteiger partial charge is 0.477 e. The third-order valence-corrected chi connectivity index (χ3v) is 1.39. The van der Waals surface area contributed by atoms with Crippen molar-refractivity contribution in [2.75, 3.05) is 0 Å². The molecule has 0 atom stereocenters. The average Bonchev–Trinajstić information content (AvgIpc) is 1.94. The van der Waals surface area contributed by atoms with Crippen molar-refractivity contribution in [3.8, 4) is 0 Å². The van der Waals surface area contributed by atoms with E-state index in [1.54, 1.807) is 0 Å². The van der Waals surface area contributed by atoms with E-state index in [0.717, 1.165) is 0 Å². The molecular weight excluding hydrogens is 170 g/mol. The molecule has 5 heteroatoms. The Hall–Kier alpha value is -1.29. The van der Waals surface area contributed by atoms with Crippen molar-refractivity contribution in [2.24, 2.45) is 0 Å². The Morgan fingerprint density at radius 2 is 2.18 bits per heavy atom. The number of hydrogen-bond donors (Lipinski definition) is 2. The fourth-order valence-corrected chi connectivity index (χ4v) is 0.691. The highest BCUT2D eigenvalue weighted by molar-refractivity contribution is 6.30. The molecule has 0 aliphatic carbocycles. The molecule has 0 saturated carbocycles. The van der Waals surface area contributed by atoms with E-state index in [1.165, 1.54) is 12.1 Å². The molecule has 4 nitrogen and oxygen atoms in total. The number of hydrogen-bond acceptors (Lipinski definition) is 2. The molecular formula is C6H4ClNO3. The Morgan fingerprint density at radius 3 is 2.64 bits per heavy atom. The Bertz CT molecular complexity index is 344. The maximum absolute atomic E-state index is 10.7. The van der Waals surface area contributed by atoms with Crippen molar-refractivity contribution >= 4 is 17.6 Å². The molecule has 11 heavy (non-hydrogen) atoms. The number of H-pyrrole nitrogens is 1. The number of aromatic amines is 1. The van der Waals surface area contributed by atoms with Crippen LogP contribution in [0.1, 0.15) is 10.5 Å². The van der Waals surface area contributed by atoms with Crippen LogP contribution in [0.5, 0.6) is 0 Å². The Kier molecular flexibility index (Phi) is 1.96. The lowest BCUT2D eigenvalue weighted by molar-refractivity contribution is 0.0690. The summed E-state index contributed by atoms with van der Waals surface area (Å²) in [5.41, 5.74) is -0.758. The van der Waals surface area contributed by atoms with Crippen molar-refractivity contribution in [3.05, 3.63) is 33.2 Å². The van der Waals surface area contributed by atoms with Gasteiger partial charge in [0, 0.05) is 0 Å². The van der Waals surface area contributed by atoms with Crippen LogP contribution in [0, 0.1) is 0 Å². The van der Waals surface area contributed by atoms with Crippen LogP contribution in [-0.2, 0) is 0 Å². The number of nitrogens with one attached hydrogen (secondary N) is 1. The highest BCUT2D eigenvalue weighted by Gasteiger charge is 2.03. The SMILES string of the molecule is O=C(O)c1ccc(Cl)c(=O)[nH]1. The maximum Gasteiger partial charge on any atom is 0.352 e. The summed E-state index contributed by atoms with van der Waals surface area (Å²) >= 11 is 5.35. The van der Waals surface area contributed by atoms with E-state index in [1.807, 2.05) is 0 Å². The van der Waals surface area contributed by atoms with Gasteiger partial charge in [0.1, 0.15) is 10.7 Å². The molecule has 0 aromatic carbocycles. The molecule has 1 rings (SSSR count). The summed E-state index contributed by atoms with van der Waals surface area (Å²) in [4.78, 5) is 23.0. The second-order valence-corrected chi connectivity index (χ2v) is 2.26. The standard InChI is InChI=1S/C6H4ClNO3/c7-3-1-2-4(6(10)11)8-5(3)9/h1-2H,(H,8,9)(H,10,11). The van der Waals surface area contributed by atoms with Crippen LogP contribution in [0.2, 0.25) is 5.02 Å². The third kappa shape index (κ3) is 1.59. The van der Waals surface area contributed by atoms with Crippen LogP contribution in [0.3, 0.4) is 0 Å². The summed E-state index contributed by atoms with van der Waals surface area (Å²) in [5, 5.41) is 8.37. The summed E-state index contributed by atoms with van der Waals surface area (Å²) in [5.74, 6) is -1.18. The van der Waals surface area contributed by atoms with Gasteiger partial charge < -0.3 is 10.1 Å². The highest BCUT2D eigenvalue weighted by atomic mass is 35.5. The van der Waals surface area contributed by atoms with Crippen LogP contribution in [-0.4, -0.2) is 16.1 Å². The molecule has 0 fully saturated rings. The minimum absolute atomic E-state index is 0.0185. The number of carboxylic acid groups (broad SMARTS) is 1. The number of rotatable bonds is 1. The van der Waals surface area contributed by atoms with Crippen molar-refractivity contribution in [3.63, 3.8) is 0 Å². The van der Waals surface area contributed by atoms with Crippen molar-refractivity contribution in [1.82, 2.24) is 4.98 Å². The molecule has 0 aliphatic rings. The number of carboxylic acids is 1. The normalized spacial score (nSPS) is 9.55. The van der Waals surface area contributed by atoms with E-state index in [4.69, 9.17) is 16.7 Å². The summed E-state index contributed by atoms with van der Waals surface area (Å²) in [6, 6.07) is 2.47. The molecule has 0 spiro atoms. The van der Waals surface area contributed by atoms with E-state index in [2.05, 4.69) is 4.98 Å². The van der Waals surface area contributed by atoms with E-state index in [9.17, 15) is 9.59 Å². The van der Waals surface area contributed by atoms with Gasteiger partial charge in [0.15, 0.2) is 0 Å². The molecule has 1 aromatic heterocycles. The van der Waals surface area contributed by atoms with Gasteiger partial charge in [-0.25, -0.2) is 4.79 Å². The number of halogens is 1. The van der Waals surface area contributed by atoms with Crippen molar-refractivity contribution in [1.29, 1.82) is 0 Å². The summed E-state index contributed by atoms with van der Waals surface area (Å²) in [7, 11) is 0. The van der Waals surface area contributed by atoms with Gasteiger partial charge in [-0.2, -0.15) is 0 Å². The minimum atomic E-state index is -1.18. The molecule has 0 saturated heterocycles. The summed E-state index contributed by atoms with van der Waals surface area (Å²) in [6.45, 7) is 0. The van der Waals surface area contributed by atoms with Gasteiger partial charge in [-0.15, -0.1) is 0 Å². The van der Waals surface area contributed by atoms with Crippen molar-refractivity contribution in [2.45, 2.75) is 0 Å². The topological polar surface area (TPSA) is 70.2 Å². The zero-order valence-corrected chi connectivity index (χ0v) is 6.05. The first-order chi connectivity index (χ1) is 5.11. The minimum Gasteiger partial charge on any atom is -0.477 e. The molecule has 0 unspecified atom stereocenters. The zero-order chi connectivity index (χ0) is 8.43. The average molecular weight is 174 g/mol. The predicted molar refractivity (Wildman–Crippen MR) is 39.0 cm³/mol.